The Morgan fingerprint density at radius 1 is 1.12 bits per heavy atom. The Morgan fingerprint density at radius 2 is 1.76 bits per heavy atom. The highest BCUT2D eigenvalue weighted by Crippen LogP contribution is 2.25. The molecule has 0 aliphatic heterocycles. The van der Waals surface area contributed by atoms with Gasteiger partial charge in [0, 0.05) is 11.1 Å². The van der Waals surface area contributed by atoms with Gasteiger partial charge in [0.25, 0.3) is 5.91 Å². The van der Waals surface area contributed by atoms with Crippen LogP contribution in [0.25, 0.3) is 0 Å². The van der Waals surface area contributed by atoms with E-state index in [0.717, 1.165) is 38.9 Å². The molecule has 0 bridgehead atoms. The highest BCUT2D eigenvalue weighted by molar-refractivity contribution is 6.31. The Balaban J connectivity index is 2.81. The van der Waals surface area contributed by atoms with Gasteiger partial charge in [-0.25, -0.2) is 4.79 Å². The molecule has 10 nitrogen and oxygen atoms in total. The highest BCUT2D eigenvalue weighted by Gasteiger charge is 2.41. The summed E-state index contributed by atoms with van der Waals surface area (Å²) in [4.78, 5) is 49.5. The number of carboxylic acid groups (broad SMARTS) is 2. The third-order valence-electron chi connectivity index (χ3n) is 5.32. The topological polar surface area (TPSA) is 153 Å². The first-order valence-electron chi connectivity index (χ1n) is 11.1. The minimum atomic E-state index is -2.85. The second-order valence-corrected chi connectivity index (χ2v) is 8.53. The van der Waals surface area contributed by atoms with Crippen molar-refractivity contribution in [3.63, 3.8) is 0 Å². The normalized spacial score (nSPS) is 13.7. The molecule has 0 saturated carbocycles. The fourth-order valence-corrected chi connectivity index (χ4v) is 3.50. The molecule has 1 aromatic carbocycles. The molecule has 0 saturated heterocycles. The van der Waals surface area contributed by atoms with Gasteiger partial charge in [-0.2, -0.15) is 0 Å². The molecule has 4 N–H and O–H groups in total. The van der Waals surface area contributed by atoms with Crippen molar-refractivity contribution >= 4 is 35.4 Å². The third kappa shape index (κ3) is 9.66. The first-order valence-corrected chi connectivity index (χ1v) is 11.5. The standard InChI is InChI=1S/C23H33ClN2O8/c1-4-26(5-2)11-7-6-8-15(3)25-21(30)17-12-16(24)9-10-18(17)34-20(29)14-23(33,22(31)32)13-19(27)28/h9-10,12,15,33H,4-8,11,13-14H2,1-3H3,(H,25,30)(H,27,28)(H,31,32). The summed E-state index contributed by atoms with van der Waals surface area (Å²) in [7, 11) is 0. The number of ether oxygens (including phenoxy) is 1. The fourth-order valence-electron chi connectivity index (χ4n) is 3.33. The lowest BCUT2D eigenvalue weighted by atomic mass is 9.96. The van der Waals surface area contributed by atoms with Crippen LogP contribution < -0.4 is 10.1 Å². The number of carbonyl (C=O) groups is 4. The molecule has 2 unspecified atom stereocenters. The maximum atomic E-state index is 12.8. The predicted octanol–water partition coefficient (Wildman–Crippen LogP) is 2.56. The van der Waals surface area contributed by atoms with E-state index in [2.05, 4.69) is 24.1 Å². The summed E-state index contributed by atoms with van der Waals surface area (Å²) in [6.07, 6.45) is 0.319. The number of carboxylic acids is 2. The van der Waals surface area contributed by atoms with Crippen LogP contribution >= 0.6 is 11.6 Å². The average molecular weight is 501 g/mol. The highest BCUT2D eigenvalue weighted by atomic mass is 35.5. The largest absolute Gasteiger partial charge is 0.481 e. The van der Waals surface area contributed by atoms with Crippen LogP contribution in [0.15, 0.2) is 18.2 Å². The number of rotatable bonds is 15. The molecule has 0 spiro atoms. The van der Waals surface area contributed by atoms with Crippen LogP contribution in [-0.2, 0) is 14.4 Å². The van der Waals surface area contributed by atoms with Gasteiger partial charge in [0.05, 0.1) is 18.4 Å². The number of aliphatic hydroxyl groups is 1. The lowest BCUT2D eigenvalue weighted by Gasteiger charge is -2.21. The van der Waals surface area contributed by atoms with E-state index < -0.39 is 42.3 Å². The van der Waals surface area contributed by atoms with Crippen molar-refractivity contribution in [2.75, 3.05) is 19.6 Å². The van der Waals surface area contributed by atoms with E-state index in [9.17, 15) is 24.3 Å². The van der Waals surface area contributed by atoms with Crippen molar-refractivity contribution in [3.05, 3.63) is 28.8 Å². The fraction of sp³-hybridized carbons (Fsp3) is 0.565. The minimum Gasteiger partial charge on any atom is -0.481 e. The van der Waals surface area contributed by atoms with Crippen LogP contribution in [0.5, 0.6) is 5.75 Å². The van der Waals surface area contributed by atoms with E-state index >= 15 is 0 Å². The lowest BCUT2D eigenvalue weighted by molar-refractivity contribution is -0.169. The number of hydrogen-bond donors (Lipinski definition) is 4. The van der Waals surface area contributed by atoms with Crippen molar-refractivity contribution in [1.29, 1.82) is 0 Å². The zero-order valence-electron chi connectivity index (χ0n) is 19.7. The van der Waals surface area contributed by atoms with Gasteiger partial charge < -0.3 is 30.3 Å². The maximum absolute atomic E-state index is 12.8. The average Bonchev–Trinajstić information content (AvgIpc) is 2.74. The molecule has 190 valence electrons. The zero-order chi connectivity index (χ0) is 25.9. The zero-order valence-corrected chi connectivity index (χ0v) is 20.4. The lowest BCUT2D eigenvalue weighted by Crippen LogP contribution is -2.43. The van der Waals surface area contributed by atoms with Gasteiger partial charge in [0.1, 0.15) is 5.75 Å². The number of amides is 1. The Labute approximate surface area is 203 Å². The predicted molar refractivity (Wildman–Crippen MR) is 125 cm³/mol. The van der Waals surface area contributed by atoms with Crippen molar-refractivity contribution in [1.82, 2.24) is 10.2 Å². The summed E-state index contributed by atoms with van der Waals surface area (Å²) in [6, 6.07) is 3.77. The monoisotopic (exact) mass is 500 g/mol. The number of esters is 1. The van der Waals surface area contributed by atoms with Gasteiger partial charge in [-0.15, -0.1) is 0 Å². The van der Waals surface area contributed by atoms with Crippen LogP contribution in [-0.4, -0.2) is 75.3 Å². The molecule has 0 aromatic heterocycles. The van der Waals surface area contributed by atoms with E-state index in [-0.39, 0.29) is 22.4 Å². The molecule has 1 amide bonds. The Hall–Kier alpha value is -2.69. The maximum Gasteiger partial charge on any atom is 0.336 e. The molecular formula is C23H33ClN2O8. The van der Waals surface area contributed by atoms with Crippen molar-refractivity contribution in [3.8, 4) is 5.75 Å². The van der Waals surface area contributed by atoms with Gasteiger partial charge in [-0.3, -0.25) is 14.4 Å². The number of nitrogens with one attached hydrogen (secondary N) is 1. The quantitative estimate of drug-likeness (QED) is 0.161. The number of carbonyl (C=O) groups excluding carboxylic acids is 2. The third-order valence-corrected chi connectivity index (χ3v) is 5.56. The molecule has 0 fully saturated rings. The molecule has 34 heavy (non-hydrogen) atoms. The van der Waals surface area contributed by atoms with Crippen LogP contribution in [0.3, 0.4) is 0 Å². The number of aliphatic carboxylic acids is 2. The first kappa shape index (κ1) is 29.3. The van der Waals surface area contributed by atoms with Gasteiger partial charge in [-0.1, -0.05) is 31.9 Å². The number of halogens is 1. The molecule has 0 heterocycles. The van der Waals surface area contributed by atoms with Crippen LogP contribution in [0, 0.1) is 0 Å². The van der Waals surface area contributed by atoms with Gasteiger partial charge in [-0.05, 0) is 57.6 Å². The number of hydrogen-bond acceptors (Lipinski definition) is 7. The van der Waals surface area contributed by atoms with Gasteiger partial charge in [0.2, 0.25) is 0 Å². The SMILES string of the molecule is CCN(CC)CCCCC(C)NC(=O)c1cc(Cl)ccc1OC(=O)CC(O)(CC(=O)O)C(=O)O. The van der Waals surface area contributed by atoms with Crippen LogP contribution in [0.2, 0.25) is 5.02 Å². The number of unbranched alkanes of at least 4 members (excludes halogenated alkanes) is 1. The molecule has 1 aromatic rings. The molecule has 1 rings (SSSR count). The summed E-state index contributed by atoms with van der Waals surface area (Å²) < 4.78 is 5.10. The second kappa shape index (κ2) is 13.9. The summed E-state index contributed by atoms with van der Waals surface area (Å²) in [6.45, 7) is 9.02. The molecule has 0 aliphatic carbocycles. The van der Waals surface area contributed by atoms with E-state index in [4.69, 9.17) is 26.6 Å². The molecule has 0 aliphatic rings. The molecule has 11 heteroatoms. The Morgan fingerprint density at radius 3 is 2.32 bits per heavy atom. The summed E-state index contributed by atoms with van der Waals surface area (Å²) in [5, 5.41) is 31.0. The Kier molecular flexibility index (Phi) is 12.0. The van der Waals surface area contributed by atoms with Gasteiger partial charge >= 0.3 is 17.9 Å². The molecule has 0 radical (unpaired) electrons. The molecule has 2 atom stereocenters. The number of benzene rings is 1. The van der Waals surface area contributed by atoms with Crippen molar-refractivity contribution in [2.45, 2.75) is 64.5 Å². The van der Waals surface area contributed by atoms with E-state index in [1.807, 2.05) is 6.92 Å². The van der Waals surface area contributed by atoms with E-state index in [1.165, 1.54) is 18.2 Å². The van der Waals surface area contributed by atoms with E-state index in [0.29, 0.717) is 0 Å². The smallest absolute Gasteiger partial charge is 0.336 e. The Bertz CT molecular complexity index is 875. The van der Waals surface area contributed by atoms with Crippen LogP contribution in [0.1, 0.15) is 63.2 Å². The van der Waals surface area contributed by atoms with Crippen molar-refractivity contribution < 1.29 is 39.2 Å². The first-order chi connectivity index (χ1) is 15.9. The molecular weight excluding hydrogens is 468 g/mol. The summed E-state index contributed by atoms with van der Waals surface area (Å²) in [5.74, 6) is -5.43. The van der Waals surface area contributed by atoms with E-state index in [1.54, 1.807) is 0 Å². The van der Waals surface area contributed by atoms with Crippen LogP contribution in [0.4, 0.5) is 0 Å². The minimum absolute atomic E-state index is 0.0482. The summed E-state index contributed by atoms with van der Waals surface area (Å²) >= 11 is 5.99. The number of nitrogens with zero attached hydrogens (tertiary/aromatic N) is 1. The van der Waals surface area contributed by atoms with Gasteiger partial charge in [0.15, 0.2) is 5.60 Å². The van der Waals surface area contributed by atoms with Crippen molar-refractivity contribution in [2.24, 2.45) is 0 Å². The second-order valence-electron chi connectivity index (χ2n) is 8.10. The summed E-state index contributed by atoms with van der Waals surface area (Å²) in [5.41, 5.74) is -2.90.